The van der Waals surface area contributed by atoms with Crippen molar-refractivity contribution in [3.8, 4) is 11.4 Å². The van der Waals surface area contributed by atoms with Crippen LogP contribution in [0.25, 0.3) is 11.4 Å². The van der Waals surface area contributed by atoms with Gasteiger partial charge in [-0.1, -0.05) is 48.5 Å². The van der Waals surface area contributed by atoms with Gasteiger partial charge in [-0.3, -0.25) is 20.4 Å². The van der Waals surface area contributed by atoms with Crippen LogP contribution in [0.15, 0.2) is 72.8 Å². The van der Waals surface area contributed by atoms with Crippen molar-refractivity contribution in [2.45, 2.75) is 6.54 Å². The molecule has 0 saturated heterocycles. The molecule has 0 fully saturated rings. The number of hydrazine groups is 1. The summed E-state index contributed by atoms with van der Waals surface area (Å²) >= 11 is 0. The lowest BCUT2D eigenvalue weighted by atomic mass is 10.1. The van der Waals surface area contributed by atoms with Gasteiger partial charge in [-0.25, -0.2) is 8.78 Å². The van der Waals surface area contributed by atoms with E-state index in [-0.39, 0.29) is 5.56 Å². The summed E-state index contributed by atoms with van der Waals surface area (Å²) in [6.07, 6.45) is 0. The predicted molar refractivity (Wildman–Crippen MR) is 110 cm³/mol. The first-order valence-electron chi connectivity index (χ1n) is 9.48. The zero-order chi connectivity index (χ0) is 22.5. The third-order valence-corrected chi connectivity index (χ3v) is 4.51. The SMILES string of the molecule is O=C(NNC(=O)c1cccc(F)c1F)c1ccc(Cn2nnc(-c3ccccc3)n2)cc1. The number of aromatic nitrogens is 4. The van der Waals surface area contributed by atoms with Crippen molar-refractivity contribution in [3.63, 3.8) is 0 Å². The fourth-order valence-electron chi connectivity index (χ4n) is 2.87. The van der Waals surface area contributed by atoms with E-state index in [1.165, 1.54) is 10.9 Å². The Balaban J connectivity index is 1.35. The van der Waals surface area contributed by atoms with Gasteiger partial charge in [-0.2, -0.15) is 4.80 Å². The van der Waals surface area contributed by atoms with Gasteiger partial charge in [-0.15, -0.1) is 10.2 Å². The van der Waals surface area contributed by atoms with E-state index in [2.05, 4.69) is 26.3 Å². The van der Waals surface area contributed by atoms with E-state index >= 15 is 0 Å². The number of nitrogens with one attached hydrogen (secondary N) is 2. The number of benzene rings is 3. The molecule has 1 aromatic heterocycles. The highest BCUT2D eigenvalue weighted by Gasteiger charge is 2.16. The number of halogens is 2. The monoisotopic (exact) mass is 434 g/mol. The van der Waals surface area contributed by atoms with Crippen LogP contribution in [0.2, 0.25) is 0 Å². The zero-order valence-electron chi connectivity index (χ0n) is 16.5. The molecule has 1 heterocycles. The molecule has 0 spiro atoms. The maximum Gasteiger partial charge on any atom is 0.272 e. The van der Waals surface area contributed by atoms with Gasteiger partial charge in [0.05, 0.1) is 12.1 Å². The van der Waals surface area contributed by atoms with Crippen molar-refractivity contribution in [1.82, 2.24) is 31.1 Å². The highest BCUT2D eigenvalue weighted by Crippen LogP contribution is 2.13. The van der Waals surface area contributed by atoms with E-state index in [9.17, 15) is 18.4 Å². The Morgan fingerprint density at radius 2 is 1.56 bits per heavy atom. The minimum atomic E-state index is -1.29. The molecule has 160 valence electrons. The molecule has 8 nitrogen and oxygen atoms in total. The zero-order valence-corrected chi connectivity index (χ0v) is 16.5. The molecule has 0 aliphatic rings. The van der Waals surface area contributed by atoms with Gasteiger partial charge in [0.1, 0.15) is 0 Å². The summed E-state index contributed by atoms with van der Waals surface area (Å²) in [5.41, 5.74) is 5.64. The summed E-state index contributed by atoms with van der Waals surface area (Å²) < 4.78 is 26.9. The van der Waals surface area contributed by atoms with E-state index in [0.29, 0.717) is 12.4 Å². The molecule has 2 amide bonds. The molecule has 0 radical (unpaired) electrons. The molecule has 4 rings (SSSR count). The first-order valence-corrected chi connectivity index (χ1v) is 9.48. The minimum Gasteiger partial charge on any atom is -0.267 e. The molecule has 0 aliphatic heterocycles. The van der Waals surface area contributed by atoms with Crippen molar-refractivity contribution < 1.29 is 18.4 Å². The van der Waals surface area contributed by atoms with Crippen LogP contribution in [0.5, 0.6) is 0 Å². The number of amides is 2. The standard InChI is InChI=1S/C22H16F2N6O2/c23-18-8-4-7-17(19(18)24)22(32)27-26-21(31)16-11-9-14(10-12-16)13-30-28-20(25-29-30)15-5-2-1-3-6-15/h1-12H,13H2,(H,26,31)(H,27,32). The molecule has 0 atom stereocenters. The first-order chi connectivity index (χ1) is 15.5. The van der Waals surface area contributed by atoms with Crippen LogP contribution < -0.4 is 10.9 Å². The summed E-state index contributed by atoms with van der Waals surface area (Å²) in [5.74, 6) is -3.53. The Kier molecular flexibility index (Phi) is 5.93. The van der Waals surface area contributed by atoms with E-state index in [0.717, 1.165) is 23.3 Å². The molecular formula is C22H16F2N6O2. The van der Waals surface area contributed by atoms with Crippen LogP contribution in [0.4, 0.5) is 8.78 Å². The second-order valence-electron chi connectivity index (χ2n) is 6.72. The Labute approximate surface area is 180 Å². The van der Waals surface area contributed by atoms with Crippen molar-refractivity contribution in [3.05, 3.63) is 101 Å². The van der Waals surface area contributed by atoms with E-state index in [1.54, 1.807) is 24.3 Å². The summed E-state index contributed by atoms with van der Waals surface area (Å²) in [5, 5.41) is 12.4. The number of carbonyl (C=O) groups is 2. The molecule has 0 bridgehead atoms. The second kappa shape index (κ2) is 9.13. The van der Waals surface area contributed by atoms with Gasteiger partial charge < -0.3 is 0 Å². The average molecular weight is 434 g/mol. The van der Waals surface area contributed by atoms with Crippen LogP contribution in [0.3, 0.4) is 0 Å². The summed E-state index contributed by atoms with van der Waals surface area (Å²) in [4.78, 5) is 25.6. The highest BCUT2D eigenvalue weighted by molar-refractivity contribution is 5.99. The van der Waals surface area contributed by atoms with Crippen LogP contribution in [0, 0.1) is 11.6 Å². The Hall–Kier alpha value is -4.47. The molecule has 2 N–H and O–H groups in total. The normalized spacial score (nSPS) is 10.6. The van der Waals surface area contributed by atoms with Crippen LogP contribution in [0.1, 0.15) is 26.3 Å². The smallest absolute Gasteiger partial charge is 0.267 e. The second-order valence-corrected chi connectivity index (χ2v) is 6.72. The highest BCUT2D eigenvalue weighted by atomic mass is 19.2. The number of hydrogen-bond donors (Lipinski definition) is 2. The molecule has 4 aromatic rings. The lowest BCUT2D eigenvalue weighted by Crippen LogP contribution is -2.42. The van der Waals surface area contributed by atoms with Gasteiger partial charge in [0.2, 0.25) is 5.82 Å². The molecule has 0 unspecified atom stereocenters. The van der Waals surface area contributed by atoms with Gasteiger partial charge in [0.25, 0.3) is 11.8 Å². The van der Waals surface area contributed by atoms with Gasteiger partial charge in [-0.05, 0) is 35.0 Å². The number of hydrogen-bond acceptors (Lipinski definition) is 5. The maximum atomic E-state index is 13.7. The van der Waals surface area contributed by atoms with Crippen LogP contribution >= 0.6 is 0 Å². The number of carbonyl (C=O) groups excluding carboxylic acids is 2. The Morgan fingerprint density at radius 1 is 0.844 bits per heavy atom. The molecule has 3 aromatic carbocycles. The third-order valence-electron chi connectivity index (χ3n) is 4.51. The Bertz CT molecular complexity index is 1260. The molecule has 0 saturated carbocycles. The van der Waals surface area contributed by atoms with E-state index in [4.69, 9.17) is 0 Å². The lowest BCUT2D eigenvalue weighted by molar-refractivity contribution is 0.0844. The van der Waals surface area contributed by atoms with Crippen LogP contribution in [-0.4, -0.2) is 32.0 Å². The van der Waals surface area contributed by atoms with Crippen molar-refractivity contribution >= 4 is 11.8 Å². The number of rotatable bonds is 5. The largest absolute Gasteiger partial charge is 0.272 e. The molecule has 10 heteroatoms. The Morgan fingerprint density at radius 3 is 2.31 bits per heavy atom. The molecular weight excluding hydrogens is 418 g/mol. The topological polar surface area (TPSA) is 102 Å². The molecule has 32 heavy (non-hydrogen) atoms. The van der Waals surface area contributed by atoms with Crippen molar-refractivity contribution in [1.29, 1.82) is 0 Å². The fraction of sp³-hybridized carbons (Fsp3) is 0.0455. The first kappa shape index (κ1) is 20.8. The summed E-state index contributed by atoms with van der Waals surface area (Å²) in [6.45, 7) is 0.345. The quantitative estimate of drug-likeness (QED) is 0.471. The number of nitrogens with zero attached hydrogens (tertiary/aromatic N) is 4. The predicted octanol–water partition coefficient (Wildman–Crippen LogP) is 2.74. The van der Waals surface area contributed by atoms with Crippen molar-refractivity contribution in [2.24, 2.45) is 0 Å². The average Bonchev–Trinajstić information content (AvgIpc) is 3.28. The molecule has 0 aliphatic carbocycles. The lowest BCUT2D eigenvalue weighted by Gasteiger charge is -2.09. The van der Waals surface area contributed by atoms with E-state index in [1.807, 2.05) is 30.3 Å². The van der Waals surface area contributed by atoms with Gasteiger partial charge in [0, 0.05) is 11.1 Å². The summed E-state index contributed by atoms with van der Waals surface area (Å²) in [6, 6.07) is 19.1. The third kappa shape index (κ3) is 4.64. The van der Waals surface area contributed by atoms with Gasteiger partial charge >= 0.3 is 0 Å². The maximum absolute atomic E-state index is 13.7. The van der Waals surface area contributed by atoms with E-state index < -0.39 is 29.0 Å². The van der Waals surface area contributed by atoms with Crippen LogP contribution in [-0.2, 0) is 6.54 Å². The fourth-order valence-corrected chi connectivity index (χ4v) is 2.87. The van der Waals surface area contributed by atoms with Gasteiger partial charge in [0.15, 0.2) is 11.6 Å². The summed E-state index contributed by atoms with van der Waals surface area (Å²) in [7, 11) is 0. The number of tetrazole rings is 1. The van der Waals surface area contributed by atoms with Crippen molar-refractivity contribution in [2.75, 3.05) is 0 Å². The minimum absolute atomic E-state index is 0.255.